The maximum atomic E-state index is 13.1. The summed E-state index contributed by atoms with van der Waals surface area (Å²) in [7, 11) is 0. The predicted molar refractivity (Wildman–Crippen MR) is 105 cm³/mol. The number of esters is 1. The Hall–Kier alpha value is -1.73. The highest BCUT2D eigenvalue weighted by Crippen LogP contribution is 2.42. The second kappa shape index (κ2) is 8.52. The highest BCUT2D eigenvalue weighted by atomic mass is 32.2. The zero-order valence-electron chi connectivity index (χ0n) is 16.6. The topological polar surface area (TPSA) is 76.1 Å². The van der Waals surface area contributed by atoms with E-state index in [0.717, 1.165) is 5.56 Å². The van der Waals surface area contributed by atoms with Crippen LogP contribution in [-0.4, -0.2) is 51.9 Å². The molecule has 1 N–H and O–H groups in total. The Morgan fingerprint density at radius 3 is 2.52 bits per heavy atom. The Morgan fingerprint density at radius 1 is 1.37 bits per heavy atom. The van der Waals surface area contributed by atoms with Gasteiger partial charge in [0.2, 0.25) is 0 Å². The Morgan fingerprint density at radius 2 is 2.00 bits per heavy atom. The molecule has 1 aliphatic rings. The molecule has 27 heavy (non-hydrogen) atoms. The normalized spacial score (nSPS) is 23.9. The van der Waals surface area contributed by atoms with Gasteiger partial charge >= 0.3 is 12.1 Å². The molecule has 0 aromatic heterocycles. The molecule has 7 heteroatoms. The minimum absolute atomic E-state index is 0.0830. The van der Waals surface area contributed by atoms with Crippen LogP contribution < -0.4 is 0 Å². The van der Waals surface area contributed by atoms with Crippen LogP contribution in [0.3, 0.4) is 0 Å². The van der Waals surface area contributed by atoms with Gasteiger partial charge in [-0.15, -0.1) is 0 Å². The van der Waals surface area contributed by atoms with Gasteiger partial charge in [-0.2, -0.15) is 11.8 Å². The number of rotatable bonds is 6. The van der Waals surface area contributed by atoms with Crippen LogP contribution in [0, 0.1) is 5.41 Å². The Balaban J connectivity index is 2.36. The standard InChI is InChI=1S/C20H29NO5S/c1-14(22)20(11-12-27-5)17(23)26-16(19(2,3)4)21(20)18(24)25-13-15-9-7-6-8-10-15/h6-10,14,16,22H,11-13H2,1-5H3/t14-,16-,20+/m1/s1. The van der Waals surface area contributed by atoms with Crippen LogP contribution in [0.15, 0.2) is 30.3 Å². The lowest BCUT2D eigenvalue weighted by Gasteiger charge is -2.40. The molecule has 0 unspecified atom stereocenters. The molecule has 1 aromatic carbocycles. The number of aliphatic hydroxyl groups excluding tert-OH is 1. The number of benzene rings is 1. The SMILES string of the molecule is CSCC[C@]1([C@@H](C)O)C(=O)O[C@H](C(C)(C)C)N1C(=O)OCc1ccccc1. The summed E-state index contributed by atoms with van der Waals surface area (Å²) in [6.07, 6.45) is -0.363. The van der Waals surface area contributed by atoms with E-state index >= 15 is 0 Å². The van der Waals surface area contributed by atoms with Crippen molar-refractivity contribution in [3.8, 4) is 0 Å². The second-order valence-electron chi connectivity index (χ2n) is 7.88. The first-order valence-electron chi connectivity index (χ1n) is 9.02. The van der Waals surface area contributed by atoms with Crippen LogP contribution in [0.4, 0.5) is 4.79 Å². The summed E-state index contributed by atoms with van der Waals surface area (Å²) in [6.45, 7) is 7.25. The van der Waals surface area contributed by atoms with E-state index in [1.54, 1.807) is 11.8 Å². The molecular weight excluding hydrogens is 366 g/mol. The molecule has 150 valence electrons. The molecule has 0 spiro atoms. The van der Waals surface area contributed by atoms with Gasteiger partial charge < -0.3 is 14.6 Å². The predicted octanol–water partition coefficient (Wildman–Crippen LogP) is 3.43. The van der Waals surface area contributed by atoms with Gasteiger partial charge in [-0.05, 0) is 30.9 Å². The van der Waals surface area contributed by atoms with Crippen molar-refractivity contribution >= 4 is 23.8 Å². The molecule has 0 bridgehead atoms. The van der Waals surface area contributed by atoms with Gasteiger partial charge in [0.05, 0.1) is 6.10 Å². The number of aliphatic hydroxyl groups is 1. The van der Waals surface area contributed by atoms with E-state index in [9.17, 15) is 14.7 Å². The van der Waals surface area contributed by atoms with Crippen LogP contribution in [0.5, 0.6) is 0 Å². The van der Waals surface area contributed by atoms with Crippen molar-refractivity contribution in [2.24, 2.45) is 5.41 Å². The van der Waals surface area contributed by atoms with Crippen molar-refractivity contribution in [3.63, 3.8) is 0 Å². The Labute approximate surface area is 165 Å². The summed E-state index contributed by atoms with van der Waals surface area (Å²) in [5.41, 5.74) is -1.14. The summed E-state index contributed by atoms with van der Waals surface area (Å²) >= 11 is 1.54. The van der Waals surface area contributed by atoms with E-state index in [1.807, 2.05) is 57.4 Å². The number of carbonyl (C=O) groups excluding carboxylic acids is 2. The van der Waals surface area contributed by atoms with E-state index in [2.05, 4.69) is 0 Å². The number of amides is 1. The molecule has 0 saturated carbocycles. The molecular formula is C20H29NO5S. The summed E-state index contributed by atoms with van der Waals surface area (Å²) in [5, 5.41) is 10.5. The first kappa shape index (κ1) is 21.6. The van der Waals surface area contributed by atoms with Gasteiger partial charge in [-0.1, -0.05) is 51.1 Å². The largest absolute Gasteiger partial charge is 0.444 e. The van der Waals surface area contributed by atoms with Crippen molar-refractivity contribution in [1.82, 2.24) is 4.90 Å². The van der Waals surface area contributed by atoms with Gasteiger partial charge in [-0.25, -0.2) is 9.59 Å². The minimum Gasteiger partial charge on any atom is -0.444 e. The number of thioether (sulfide) groups is 1. The molecule has 0 radical (unpaired) electrons. The second-order valence-corrected chi connectivity index (χ2v) is 8.86. The van der Waals surface area contributed by atoms with E-state index < -0.39 is 35.3 Å². The van der Waals surface area contributed by atoms with Crippen LogP contribution in [0.1, 0.15) is 39.7 Å². The number of carbonyl (C=O) groups is 2. The van der Waals surface area contributed by atoms with Crippen LogP contribution >= 0.6 is 11.8 Å². The van der Waals surface area contributed by atoms with Crippen molar-refractivity contribution in [2.45, 2.75) is 58.6 Å². The van der Waals surface area contributed by atoms with Crippen molar-refractivity contribution in [2.75, 3.05) is 12.0 Å². The zero-order chi connectivity index (χ0) is 20.2. The monoisotopic (exact) mass is 395 g/mol. The minimum atomic E-state index is -1.45. The quantitative estimate of drug-likeness (QED) is 0.744. The first-order valence-corrected chi connectivity index (χ1v) is 10.4. The van der Waals surface area contributed by atoms with Crippen molar-refractivity contribution < 1.29 is 24.2 Å². The molecule has 1 aromatic rings. The number of nitrogens with zero attached hydrogens (tertiary/aromatic N) is 1. The van der Waals surface area contributed by atoms with Gasteiger partial charge in [0.15, 0.2) is 11.8 Å². The van der Waals surface area contributed by atoms with Gasteiger partial charge in [0, 0.05) is 5.41 Å². The summed E-state index contributed by atoms with van der Waals surface area (Å²) < 4.78 is 11.1. The van der Waals surface area contributed by atoms with Gasteiger partial charge in [-0.3, -0.25) is 4.90 Å². The first-order chi connectivity index (χ1) is 12.6. The molecule has 0 aliphatic carbocycles. The average Bonchev–Trinajstić information content (AvgIpc) is 2.92. The summed E-state index contributed by atoms with van der Waals surface area (Å²) in [5.74, 6) is 0.0161. The van der Waals surface area contributed by atoms with Crippen molar-refractivity contribution in [3.05, 3.63) is 35.9 Å². The fourth-order valence-corrected chi connectivity index (χ4v) is 3.75. The Kier molecular flexibility index (Phi) is 6.81. The zero-order valence-corrected chi connectivity index (χ0v) is 17.4. The maximum Gasteiger partial charge on any atom is 0.414 e. The molecule has 2 rings (SSSR count). The van der Waals surface area contributed by atoms with Crippen molar-refractivity contribution in [1.29, 1.82) is 0 Å². The van der Waals surface area contributed by atoms with Gasteiger partial charge in [0.1, 0.15) is 6.61 Å². The number of hydrogen-bond acceptors (Lipinski definition) is 6. The molecule has 1 aliphatic heterocycles. The molecule has 3 atom stereocenters. The van der Waals surface area contributed by atoms with Gasteiger partial charge in [0.25, 0.3) is 0 Å². The summed E-state index contributed by atoms with van der Waals surface area (Å²) in [6, 6.07) is 9.32. The van der Waals surface area contributed by atoms with Crippen LogP contribution in [0.25, 0.3) is 0 Å². The number of hydrogen-bond donors (Lipinski definition) is 1. The lowest BCUT2D eigenvalue weighted by Crippen LogP contribution is -2.61. The van der Waals surface area contributed by atoms with E-state index in [-0.39, 0.29) is 13.0 Å². The lowest BCUT2D eigenvalue weighted by atomic mass is 9.86. The molecule has 6 nitrogen and oxygen atoms in total. The number of ether oxygens (including phenoxy) is 2. The third-order valence-corrected chi connectivity index (χ3v) is 5.37. The molecule has 1 fully saturated rings. The third kappa shape index (κ3) is 4.41. The third-order valence-electron chi connectivity index (χ3n) is 4.76. The lowest BCUT2D eigenvalue weighted by molar-refractivity contribution is -0.150. The maximum absolute atomic E-state index is 13.1. The fourth-order valence-electron chi connectivity index (χ4n) is 3.24. The van der Waals surface area contributed by atoms with Crippen LogP contribution in [0.2, 0.25) is 0 Å². The molecule has 1 saturated heterocycles. The Bertz CT molecular complexity index is 658. The molecule has 1 amide bonds. The highest BCUT2D eigenvalue weighted by Gasteiger charge is 2.63. The highest BCUT2D eigenvalue weighted by molar-refractivity contribution is 7.98. The van der Waals surface area contributed by atoms with E-state index in [4.69, 9.17) is 9.47 Å². The fraction of sp³-hybridized carbons (Fsp3) is 0.600. The summed E-state index contributed by atoms with van der Waals surface area (Å²) in [4.78, 5) is 27.2. The smallest absolute Gasteiger partial charge is 0.414 e. The average molecular weight is 396 g/mol. The molecule has 1 heterocycles. The number of cyclic esters (lactones) is 1. The van der Waals surface area contributed by atoms with E-state index in [1.165, 1.54) is 11.8 Å². The van der Waals surface area contributed by atoms with E-state index in [0.29, 0.717) is 5.75 Å². The van der Waals surface area contributed by atoms with Crippen LogP contribution in [-0.2, 0) is 20.9 Å².